The molecule has 154 valence electrons. The molecule has 0 unspecified atom stereocenters. The maximum absolute atomic E-state index is 12.7. The molecule has 1 aliphatic rings. The van der Waals surface area contributed by atoms with Crippen LogP contribution in [-0.2, 0) is 17.8 Å². The first kappa shape index (κ1) is 19.8. The van der Waals surface area contributed by atoms with Crippen molar-refractivity contribution in [1.29, 1.82) is 0 Å². The molecular weight excluding hydrogens is 380 g/mol. The number of benzene rings is 2. The van der Waals surface area contributed by atoms with Gasteiger partial charge in [-0.25, -0.2) is 0 Å². The molecule has 1 saturated heterocycles. The van der Waals surface area contributed by atoms with Crippen LogP contribution < -0.4 is 0 Å². The second-order valence-corrected chi connectivity index (χ2v) is 7.52. The number of non-ortho nitro benzene ring substituents is 1. The third-order valence-corrected chi connectivity index (χ3v) is 5.45. The molecule has 1 aliphatic heterocycles. The average Bonchev–Trinajstić information content (AvgIpc) is 3.30. The van der Waals surface area contributed by atoms with Gasteiger partial charge in [0.1, 0.15) is 0 Å². The van der Waals surface area contributed by atoms with Gasteiger partial charge in [0.25, 0.3) is 5.69 Å². The summed E-state index contributed by atoms with van der Waals surface area (Å²) in [7, 11) is 0. The monoisotopic (exact) mass is 404 g/mol. The van der Waals surface area contributed by atoms with Crippen molar-refractivity contribution < 1.29 is 9.72 Å². The van der Waals surface area contributed by atoms with E-state index >= 15 is 0 Å². The molecule has 0 N–H and O–H groups in total. The quantitative estimate of drug-likeness (QED) is 0.467. The van der Waals surface area contributed by atoms with Crippen LogP contribution in [0, 0.1) is 10.1 Å². The molecule has 7 nitrogen and oxygen atoms in total. The molecule has 0 radical (unpaired) electrons. The lowest BCUT2D eigenvalue weighted by Gasteiger charge is -2.34. The van der Waals surface area contributed by atoms with Crippen molar-refractivity contribution in [2.45, 2.75) is 13.0 Å². The van der Waals surface area contributed by atoms with Gasteiger partial charge < -0.3 is 9.47 Å². The van der Waals surface area contributed by atoms with Crippen LogP contribution >= 0.6 is 0 Å². The molecule has 0 spiro atoms. The minimum absolute atomic E-state index is 0.115. The second kappa shape index (κ2) is 8.92. The smallest absolute Gasteiger partial charge is 0.269 e. The minimum Gasteiger partial charge on any atom is -0.340 e. The number of amides is 1. The lowest BCUT2D eigenvalue weighted by Crippen LogP contribution is -2.48. The third kappa shape index (κ3) is 4.75. The largest absolute Gasteiger partial charge is 0.340 e. The molecule has 0 atom stereocenters. The summed E-state index contributed by atoms with van der Waals surface area (Å²) in [6, 6.07) is 18.8. The van der Waals surface area contributed by atoms with Gasteiger partial charge in [-0.15, -0.1) is 0 Å². The number of aromatic nitrogens is 1. The molecular formula is C23H24N4O3. The zero-order chi connectivity index (χ0) is 20.9. The zero-order valence-electron chi connectivity index (χ0n) is 16.7. The fourth-order valence-corrected chi connectivity index (χ4v) is 3.76. The third-order valence-electron chi connectivity index (χ3n) is 5.45. The topological polar surface area (TPSA) is 71.6 Å². The standard InChI is InChI=1S/C23H24N4O3/c28-23(17-19-6-8-21(9-7-19)25-10-1-2-11-25)26-14-12-24(13-15-26)18-20-4-3-5-22(16-20)27(29)30/h1-11,16H,12-15,17-18H2. The highest BCUT2D eigenvalue weighted by atomic mass is 16.6. The minimum atomic E-state index is -0.370. The summed E-state index contributed by atoms with van der Waals surface area (Å²) in [4.78, 5) is 27.4. The molecule has 2 heterocycles. The Bertz CT molecular complexity index is 1010. The maximum atomic E-state index is 12.7. The first-order valence-electron chi connectivity index (χ1n) is 10.0. The second-order valence-electron chi connectivity index (χ2n) is 7.52. The van der Waals surface area contributed by atoms with E-state index in [9.17, 15) is 14.9 Å². The fourth-order valence-electron chi connectivity index (χ4n) is 3.76. The van der Waals surface area contributed by atoms with Crippen LogP contribution in [0.15, 0.2) is 73.1 Å². The lowest BCUT2D eigenvalue weighted by atomic mass is 10.1. The highest BCUT2D eigenvalue weighted by Crippen LogP contribution is 2.16. The Balaban J connectivity index is 1.28. The Morgan fingerprint density at radius 1 is 0.900 bits per heavy atom. The lowest BCUT2D eigenvalue weighted by molar-refractivity contribution is -0.384. The highest BCUT2D eigenvalue weighted by molar-refractivity contribution is 5.79. The van der Waals surface area contributed by atoms with E-state index in [0.29, 0.717) is 26.1 Å². The first-order chi connectivity index (χ1) is 14.6. The Labute approximate surface area is 175 Å². The first-order valence-corrected chi connectivity index (χ1v) is 10.0. The van der Waals surface area contributed by atoms with E-state index in [1.165, 1.54) is 6.07 Å². The highest BCUT2D eigenvalue weighted by Gasteiger charge is 2.21. The molecule has 1 fully saturated rings. The van der Waals surface area contributed by atoms with E-state index in [0.717, 1.165) is 29.9 Å². The normalized spacial score (nSPS) is 14.6. The van der Waals surface area contributed by atoms with Crippen molar-refractivity contribution in [1.82, 2.24) is 14.4 Å². The van der Waals surface area contributed by atoms with Gasteiger partial charge in [-0.1, -0.05) is 24.3 Å². The van der Waals surface area contributed by atoms with Crippen LogP contribution in [0.2, 0.25) is 0 Å². The van der Waals surface area contributed by atoms with Gasteiger partial charge in [0, 0.05) is 62.9 Å². The van der Waals surface area contributed by atoms with E-state index in [-0.39, 0.29) is 16.5 Å². The number of nitro benzene ring substituents is 1. The van der Waals surface area contributed by atoms with E-state index in [2.05, 4.69) is 4.90 Å². The van der Waals surface area contributed by atoms with E-state index in [1.54, 1.807) is 12.1 Å². The van der Waals surface area contributed by atoms with Crippen LogP contribution in [0.5, 0.6) is 0 Å². The maximum Gasteiger partial charge on any atom is 0.269 e. The van der Waals surface area contributed by atoms with Crippen LogP contribution in [0.4, 0.5) is 5.69 Å². The molecule has 0 aliphatic carbocycles. The molecule has 3 aromatic rings. The predicted octanol–water partition coefficient (Wildman–Crippen LogP) is 3.27. The summed E-state index contributed by atoms with van der Waals surface area (Å²) >= 11 is 0. The molecule has 4 rings (SSSR count). The van der Waals surface area contributed by atoms with E-state index in [1.807, 2.05) is 64.3 Å². The molecule has 7 heteroatoms. The number of carbonyl (C=O) groups is 1. The number of nitrogens with zero attached hydrogens (tertiary/aromatic N) is 4. The molecule has 2 aromatic carbocycles. The zero-order valence-corrected chi connectivity index (χ0v) is 16.7. The summed E-state index contributed by atoms with van der Waals surface area (Å²) in [6.45, 7) is 3.54. The Morgan fingerprint density at radius 2 is 1.60 bits per heavy atom. The average molecular weight is 404 g/mol. The van der Waals surface area contributed by atoms with Gasteiger partial charge in [-0.2, -0.15) is 0 Å². The van der Waals surface area contributed by atoms with Crippen LogP contribution in [0.3, 0.4) is 0 Å². The molecule has 1 aromatic heterocycles. The summed E-state index contributed by atoms with van der Waals surface area (Å²) < 4.78 is 2.03. The van der Waals surface area contributed by atoms with E-state index in [4.69, 9.17) is 0 Å². The van der Waals surface area contributed by atoms with Gasteiger partial charge in [-0.3, -0.25) is 19.8 Å². The van der Waals surface area contributed by atoms with Gasteiger partial charge in [0.05, 0.1) is 11.3 Å². The molecule has 1 amide bonds. The van der Waals surface area contributed by atoms with E-state index < -0.39 is 0 Å². The summed E-state index contributed by atoms with van der Waals surface area (Å²) in [5.41, 5.74) is 3.12. The van der Waals surface area contributed by atoms with Crippen molar-refractivity contribution >= 4 is 11.6 Å². The fraction of sp³-hybridized carbons (Fsp3) is 0.261. The SMILES string of the molecule is O=C(Cc1ccc(-n2cccc2)cc1)N1CCN(Cc2cccc([N+](=O)[O-])c2)CC1. The predicted molar refractivity (Wildman–Crippen MR) is 114 cm³/mol. The Kier molecular flexibility index (Phi) is 5.90. The summed E-state index contributed by atoms with van der Waals surface area (Å²) in [5, 5.41) is 10.9. The van der Waals surface area contributed by atoms with Gasteiger partial charge in [0.2, 0.25) is 5.91 Å². The Morgan fingerprint density at radius 3 is 2.27 bits per heavy atom. The molecule has 0 bridgehead atoms. The van der Waals surface area contributed by atoms with Crippen LogP contribution in [-0.4, -0.2) is 51.4 Å². The van der Waals surface area contributed by atoms with Gasteiger partial charge in [0.15, 0.2) is 0 Å². The number of hydrogen-bond acceptors (Lipinski definition) is 4. The number of carbonyl (C=O) groups excluding carboxylic acids is 1. The number of nitro groups is 1. The molecule has 0 saturated carbocycles. The van der Waals surface area contributed by atoms with Crippen molar-refractivity contribution in [3.63, 3.8) is 0 Å². The summed E-state index contributed by atoms with van der Waals surface area (Å²) in [5.74, 6) is 0.138. The summed E-state index contributed by atoms with van der Waals surface area (Å²) in [6.07, 6.45) is 4.39. The number of hydrogen-bond donors (Lipinski definition) is 0. The number of piperazine rings is 1. The number of rotatable bonds is 6. The van der Waals surface area contributed by atoms with Crippen LogP contribution in [0.25, 0.3) is 5.69 Å². The molecule has 30 heavy (non-hydrogen) atoms. The van der Waals surface area contributed by atoms with Crippen molar-refractivity contribution in [3.05, 3.63) is 94.3 Å². The van der Waals surface area contributed by atoms with Crippen molar-refractivity contribution in [2.75, 3.05) is 26.2 Å². The van der Waals surface area contributed by atoms with Crippen molar-refractivity contribution in [2.24, 2.45) is 0 Å². The van der Waals surface area contributed by atoms with Gasteiger partial charge >= 0.3 is 0 Å². The Hall–Kier alpha value is -3.45. The van der Waals surface area contributed by atoms with Crippen molar-refractivity contribution in [3.8, 4) is 5.69 Å². The van der Waals surface area contributed by atoms with Gasteiger partial charge in [-0.05, 0) is 35.4 Å². The van der Waals surface area contributed by atoms with Crippen LogP contribution in [0.1, 0.15) is 11.1 Å².